The molecule has 0 aliphatic carbocycles. The summed E-state index contributed by atoms with van der Waals surface area (Å²) in [6.45, 7) is 1.25. The average Bonchev–Trinajstić information content (AvgIpc) is 3.23. The zero-order valence-corrected chi connectivity index (χ0v) is 21.0. The number of esters is 1. The molecule has 190 valence electrons. The molecule has 4 rings (SSSR count). The second-order valence-corrected chi connectivity index (χ2v) is 8.51. The van der Waals surface area contributed by atoms with Gasteiger partial charge < -0.3 is 19.7 Å². The number of anilines is 2. The fourth-order valence-electron chi connectivity index (χ4n) is 3.82. The number of nitrogens with zero attached hydrogens (tertiary/aromatic N) is 3. The molecule has 0 atom stereocenters. The van der Waals surface area contributed by atoms with Crippen molar-refractivity contribution in [2.24, 2.45) is 0 Å². The zero-order valence-electron chi connectivity index (χ0n) is 21.0. The number of carbonyl (C=O) groups is 2. The van der Waals surface area contributed by atoms with Crippen molar-refractivity contribution in [2.75, 3.05) is 38.0 Å². The number of hydrogen-bond donors (Lipinski definition) is 1. The van der Waals surface area contributed by atoms with E-state index in [9.17, 15) is 14.0 Å². The lowest BCUT2D eigenvalue weighted by molar-refractivity contribution is -0.132. The normalized spacial score (nSPS) is 10.7. The lowest BCUT2D eigenvalue weighted by atomic mass is 10.0. The molecule has 0 saturated carbocycles. The van der Waals surface area contributed by atoms with Gasteiger partial charge in [0, 0.05) is 45.1 Å². The van der Waals surface area contributed by atoms with Gasteiger partial charge in [-0.2, -0.15) is 9.78 Å². The van der Waals surface area contributed by atoms with Gasteiger partial charge in [0.2, 0.25) is 11.8 Å². The monoisotopic (exact) mass is 502 g/mol. The summed E-state index contributed by atoms with van der Waals surface area (Å²) in [5, 5.41) is 7.55. The molecule has 0 aliphatic rings. The third-order valence-corrected chi connectivity index (χ3v) is 5.54. The van der Waals surface area contributed by atoms with Crippen LogP contribution in [0.25, 0.3) is 28.1 Å². The van der Waals surface area contributed by atoms with Gasteiger partial charge in [-0.15, -0.1) is 0 Å². The van der Waals surface area contributed by atoms with Gasteiger partial charge in [0.05, 0.1) is 11.3 Å². The maximum absolute atomic E-state index is 13.7. The van der Waals surface area contributed by atoms with Gasteiger partial charge in [0.15, 0.2) is 0 Å². The van der Waals surface area contributed by atoms with Gasteiger partial charge in [0.1, 0.15) is 18.1 Å². The number of hydrogen-bond acceptors (Lipinski definition) is 6. The Morgan fingerprint density at radius 3 is 2.14 bits per heavy atom. The Kier molecular flexibility index (Phi) is 7.64. The van der Waals surface area contributed by atoms with Crippen molar-refractivity contribution < 1.29 is 23.5 Å². The van der Waals surface area contributed by atoms with E-state index in [1.165, 1.54) is 30.8 Å². The number of methoxy groups -OCH3 is 1. The molecule has 1 N–H and O–H groups in total. The molecule has 0 spiro atoms. The standard InChI is InChI=1S/C28H27FN4O4/c1-18(34)37-28-26(19-5-11-22(12-6-19)30-25(35)17-36-4)27(20-7-13-23(14-8-20)32(2)3)31-33(28)24-15-9-21(29)10-16-24/h5-16H,17H2,1-4H3,(H,30,35). The maximum atomic E-state index is 13.7. The Hall–Kier alpha value is -4.50. The van der Waals surface area contributed by atoms with Crippen LogP contribution in [0.2, 0.25) is 0 Å². The van der Waals surface area contributed by atoms with E-state index in [0.717, 1.165) is 11.3 Å². The van der Waals surface area contributed by atoms with Crippen LogP contribution in [-0.4, -0.2) is 49.5 Å². The summed E-state index contributed by atoms with van der Waals surface area (Å²) in [5.74, 6) is -0.998. The number of ether oxygens (including phenoxy) is 2. The van der Waals surface area contributed by atoms with E-state index < -0.39 is 11.8 Å². The predicted octanol–water partition coefficient (Wildman–Crippen LogP) is 4.92. The molecule has 0 aliphatic heterocycles. The molecule has 1 aromatic heterocycles. The molecule has 0 fully saturated rings. The van der Waals surface area contributed by atoms with Crippen LogP contribution in [0, 0.1) is 5.82 Å². The second-order valence-electron chi connectivity index (χ2n) is 8.51. The summed E-state index contributed by atoms with van der Waals surface area (Å²) in [6.07, 6.45) is 0. The van der Waals surface area contributed by atoms with Gasteiger partial charge >= 0.3 is 5.97 Å². The van der Waals surface area contributed by atoms with E-state index in [0.29, 0.717) is 28.2 Å². The summed E-state index contributed by atoms with van der Waals surface area (Å²) in [6, 6.07) is 20.7. The Labute approximate surface area is 214 Å². The van der Waals surface area contributed by atoms with E-state index in [1.54, 1.807) is 36.4 Å². The number of benzene rings is 3. The fraction of sp³-hybridized carbons (Fsp3) is 0.179. The molecule has 0 saturated heterocycles. The Bertz CT molecular complexity index is 1400. The lowest BCUT2D eigenvalue weighted by Crippen LogP contribution is -2.16. The molecule has 1 amide bonds. The predicted molar refractivity (Wildman–Crippen MR) is 141 cm³/mol. The summed E-state index contributed by atoms with van der Waals surface area (Å²) >= 11 is 0. The SMILES string of the molecule is COCC(=O)Nc1ccc(-c2c(-c3ccc(N(C)C)cc3)nn(-c3ccc(F)cc3)c2OC(C)=O)cc1. The van der Waals surface area contributed by atoms with Crippen molar-refractivity contribution >= 4 is 23.3 Å². The summed E-state index contributed by atoms with van der Waals surface area (Å²) in [5.41, 5.74) is 4.78. The second kappa shape index (κ2) is 11.0. The number of amides is 1. The Morgan fingerprint density at radius 2 is 1.57 bits per heavy atom. The average molecular weight is 503 g/mol. The highest BCUT2D eigenvalue weighted by Gasteiger charge is 2.25. The maximum Gasteiger partial charge on any atom is 0.309 e. The molecule has 3 aromatic carbocycles. The van der Waals surface area contributed by atoms with Crippen LogP contribution in [0.4, 0.5) is 15.8 Å². The third kappa shape index (κ3) is 5.84. The molecule has 4 aromatic rings. The number of rotatable bonds is 8. The minimum absolute atomic E-state index is 0.0596. The molecular weight excluding hydrogens is 475 g/mol. The van der Waals surface area contributed by atoms with E-state index in [1.807, 2.05) is 43.3 Å². The summed E-state index contributed by atoms with van der Waals surface area (Å²) < 4.78 is 25.7. The van der Waals surface area contributed by atoms with Crippen molar-refractivity contribution in [3.63, 3.8) is 0 Å². The first kappa shape index (κ1) is 25.6. The van der Waals surface area contributed by atoms with Crippen LogP contribution in [0.5, 0.6) is 5.88 Å². The van der Waals surface area contributed by atoms with Crippen LogP contribution in [0.15, 0.2) is 72.8 Å². The molecule has 0 unspecified atom stereocenters. The molecule has 0 bridgehead atoms. The van der Waals surface area contributed by atoms with Gasteiger partial charge in [-0.05, 0) is 54.1 Å². The highest BCUT2D eigenvalue weighted by molar-refractivity contribution is 5.93. The first-order valence-corrected chi connectivity index (χ1v) is 11.5. The van der Waals surface area contributed by atoms with Crippen LogP contribution >= 0.6 is 0 Å². The smallest absolute Gasteiger partial charge is 0.309 e. The number of halogens is 1. The van der Waals surface area contributed by atoms with E-state index in [4.69, 9.17) is 14.6 Å². The largest absolute Gasteiger partial charge is 0.407 e. The molecule has 9 heteroatoms. The van der Waals surface area contributed by atoms with Crippen molar-refractivity contribution in [3.8, 4) is 34.0 Å². The summed E-state index contributed by atoms with van der Waals surface area (Å²) in [4.78, 5) is 26.0. The topological polar surface area (TPSA) is 85.7 Å². The minimum Gasteiger partial charge on any atom is -0.407 e. The van der Waals surface area contributed by atoms with Crippen LogP contribution in [-0.2, 0) is 14.3 Å². The first-order valence-electron chi connectivity index (χ1n) is 11.5. The highest BCUT2D eigenvalue weighted by Crippen LogP contribution is 2.41. The van der Waals surface area contributed by atoms with Crippen LogP contribution in [0.1, 0.15) is 6.92 Å². The van der Waals surface area contributed by atoms with Gasteiger partial charge in [-0.25, -0.2) is 4.39 Å². The number of carbonyl (C=O) groups excluding carboxylic acids is 2. The van der Waals surface area contributed by atoms with Crippen LogP contribution in [0.3, 0.4) is 0 Å². The molecule has 0 radical (unpaired) electrons. The van der Waals surface area contributed by atoms with E-state index in [-0.39, 0.29) is 18.4 Å². The zero-order chi connectivity index (χ0) is 26.5. The van der Waals surface area contributed by atoms with Crippen LogP contribution < -0.4 is 15.0 Å². The van der Waals surface area contributed by atoms with Crippen molar-refractivity contribution in [1.29, 1.82) is 0 Å². The van der Waals surface area contributed by atoms with Crippen molar-refractivity contribution in [3.05, 3.63) is 78.6 Å². The summed E-state index contributed by atoms with van der Waals surface area (Å²) in [7, 11) is 5.36. The number of nitrogens with one attached hydrogen (secondary N) is 1. The Balaban J connectivity index is 1.89. The van der Waals surface area contributed by atoms with Crippen molar-refractivity contribution in [2.45, 2.75) is 6.92 Å². The third-order valence-electron chi connectivity index (χ3n) is 5.54. The van der Waals surface area contributed by atoms with E-state index >= 15 is 0 Å². The van der Waals surface area contributed by atoms with Gasteiger partial charge in [0.25, 0.3) is 0 Å². The van der Waals surface area contributed by atoms with Crippen molar-refractivity contribution in [1.82, 2.24) is 9.78 Å². The quantitative estimate of drug-likeness (QED) is 0.344. The molecular formula is C28H27FN4O4. The Morgan fingerprint density at radius 1 is 0.946 bits per heavy atom. The van der Waals surface area contributed by atoms with E-state index in [2.05, 4.69) is 5.32 Å². The number of aromatic nitrogens is 2. The molecule has 1 heterocycles. The lowest BCUT2D eigenvalue weighted by Gasteiger charge is -2.13. The first-order chi connectivity index (χ1) is 17.8. The molecule has 37 heavy (non-hydrogen) atoms. The minimum atomic E-state index is -0.525. The fourth-order valence-corrected chi connectivity index (χ4v) is 3.82. The highest BCUT2D eigenvalue weighted by atomic mass is 19.1. The molecule has 8 nitrogen and oxygen atoms in total. The van der Waals surface area contributed by atoms with Gasteiger partial charge in [-0.3, -0.25) is 9.59 Å². The van der Waals surface area contributed by atoms with Gasteiger partial charge in [-0.1, -0.05) is 24.3 Å².